The Balaban J connectivity index is 1.77. The Labute approximate surface area is 116 Å². The molecule has 19 heavy (non-hydrogen) atoms. The molecule has 106 valence electrons. The summed E-state index contributed by atoms with van der Waals surface area (Å²) in [6.07, 6.45) is 4.54. The molecular weight excluding hydrogens is 238 g/mol. The first-order chi connectivity index (χ1) is 9.33. The molecule has 0 spiro atoms. The van der Waals surface area contributed by atoms with E-state index in [0.717, 1.165) is 18.6 Å². The summed E-state index contributed by atoms with van der Waals surface area (Å²) in [6, 6.07) is 8.50. The third-order valence-electron chi connectivity index (χ3n) is 3.99. The van der Waals surface area contributed by atoms with Crippen molar-refractivity contribution >= 4 is 0 Å². The third-order valence-corrected chi connectivity index (χ3v) is 3.99. The molecule has 3 nitrogen and oxygen atoms in total. The van der Waals surface area contributed by atoms with Crippen LogP contribution in [0.3, 0.4) is 0 Å². The number of likely N-dealkylation sites (tertiary alicyclic amines) is 1. The van der Waals surface area contributed by atoms with Crippen LogP contribution in [0.4, 0.5) is 0 Å². The summed E-state index contributed by atoms with van der Waals surface area (Å²) in [7, 11) is 1.71. The molecule has 1 saturated heterocycles. The smallest absolute Gasteiger partial charge is 0.118 e. The quantitative estimate of drug-likeness (QED) is 0.768. The Morgan fingerprint density at radius 1 is 1.21 bits per heavy atom. The van der Waals surface area contributed by atoms with E-state index in [1.165, 1.54) is 38.0 Å². The molecule has 0 bridgehead atoms. The van der Waals surface area contributed by atoms with Crippen LogP contribution in [0, 0.1) is 0 Å². The van der Waals surface area contributed by atoms with E-state index in [2.05, 4.69) is 29.2 Å². The van der Waals surface area contributed by atoms with E-state index in [-0.39, 0.29) is 0 Å². The molecule has 1 aliphatic heterocycles. The molecule has 0 saturated carbocycles. The number of hydrogen-bond acceptors (Lipinski definition) is 3. The van der Waals surface area contributed by atoms with Gasteiger partial charge in [-0.25, -0.2) is 0 Å². The standard InChI is InChI=1S/C16H25NO2/c1-19-16-7-5-14(6-8-16)15-9-11-17(13-15)10-3-2-4-12-18/h5-8,15,18H,2-4,9-13H2,1H3. The van der Waals surface area contributed by atoms with Gasteiger partial charge in [0.25, 0.3) is 0 Å². The summed E-state index contributed by atoms with van der Waals surface area (Å²) in [6.45, 7) is 3.88. The number of methoxy groups -OCH3 is 1. The summed E-state index contributed by atoms with van der Waals surface area (Å²) in [5.74, 6) is 1.60. The summed E-state index contributed by atoms with van der Waals surface area (Å²) < 4.78 is 5.20. The Kier molecular flexibility index (Phi) is 5.67. The van der Waals surface area contributed by atoms with Crippen molar-refractivity contribution in [3.8, 4) is 5.75 Å². The lowest BCUT2D eigenvalue weighted by Gasteiger charge is -2.16. The highest BCUT2D eigenvalue weighted by molar-refractivity contribution is 5.30. The monoisotopic (exact) mass is 263 g/mol. The first kappa shape index (κ1) is 14.4. The van der Waals surface area contributed by atoms with Gasteiger partial charge in [-0.2, -0.15) is 0 Å². The molecule has 1 unspecified atom stereocenters. The topological polar surface area (TPSA) is 32.7 Å². The van der Waals surface area contributed by atoms with Crippen molar-refractivity contribution in [3.05, 3.63) is 29.8 Å². The number of nitrogens with zero attached hydrogens (tertiary/aromatic N) is 1. The second kappa shape index (κ2) is 7.51. The fourth-order valence-corrected chi connectivity index (χ4v) is 2.81. The molecule has 1 aromatic carbocycles. The van der Waals surface area contributed by atoms with E-state index in [9.17, 15) is 0 Å². The van der Waals surface area contributed by atoms with E-state index in [0.29, 0.717) is 12.5 Å². The SMILES string of the molecule is COc1ccc(C2CCN(CCCCCO)C2)cc1. The molecule has 2 rings (SSSR count). The van der Waals surface area contributed by atoms with E-state index in [1.54, 1.807) is 7.11 Å². The van der Waals surface area contributed by atoms with E-state index in [1.807, 2.05) is 0 Å². The highest BCUT2D eigenvalue weighted by Gasteiger charge is 2.23. The maximum absolute atomic E-state index is 8.77. The van der Waals surface area contributed by atoms with E-state index >= 15 is 0 Å². The van der Waals surface area contributed by atoms with Crippen LogP contribution < -0.4 is 4.74 Å². The van der Waals surface area contributed by atoms with Crippen LogP contribution in [0.5, 0.6) is 5.75 Å². The number of hydrogen-bond donors (Lipinski definition) is 1. The molecule has 0 amide bonds. The number of aliphatic hydroxyl groups excluding tert-OH is 1. The average Bonchev–Trinajstić information content (AvgIpc) is 2.92. The van der Waals surface area contributed by atoms with Crippen LogP contribution in [-0.2, 0) is 0 Å². The van der Waals surface area contributed by atoms with Gasteiger partial charge in [-0.15, -0.1) is 0 Å². The predicted octanol–water partition coefficient (Wildman–Crippen LogP) is 2.65. The molecule has 1 atom stereocenters. The maximum atomic E-state index is 8.77. The van der Waals surface area contributed by atoms with Crippen LogP contribution >= 0.6 is 0 Å². The molecule has 0 aliphatic carbocycles. The van der Waals surface area contributed by atoms with Gasteiger partial charge in [0, 0.05) is 13.2 Å². The van der Waals surface area contributed by atoms with Crippen LogP contribution in [-0.4, -0.2) is 43.4 Å². The van der Waals surface area contributed by atoms with Crippen LogP contribution in [0.15, 0.2) is 24.3 Å². The average molecular weight is 263 g/mol. The molecular formula is C16H25NO2. The molecule has 1 fully saturated rings. The van der Waals surface area contributed by atoms with Crippen LogP contribution in [0.25, 0.3) is 0 Å². The minimum Gasteiger partial charge on any atom is -0.497 e. The van der Waals surface area contributed by atoms with Gasteiger partial charge in [0.05, 0.1) is 7.11 Å². The number of aliphatic hydroxyl groups is 1. The lowest BCUT2D eigenvalue weighted by Crippen LogP contribution is -2.21. The Hall–Kier alpha value is -1.06. The van der Waals surface area contributed by atoms with Crippen molar-refractivity contribution < 1.29 is 9.84 Å². The Bertz CT molecular complexity index is 364. The molecule has 0 aromatic heterocycles. The van der Waals surface area contributed by atoms with Crippen LogP contribution in [0.1, 0.15) is 37.2 Å². The van der Waals surface area contributed by atoms with Gasteiger partial charge in [0.1, 0.15) is 5.75 Å². The zero-order chi connectivity index (χ0) is 13.5. The summed E-state index contributed by atoms with van der Waals surface area (Å²) >= 11 is 0. The van der Waals surface area contributed by atoms with Crippen molar-refractivity contribution in [2.75, 3.05) is 33.4 Å². The number of unbranched alkanes of at least 4 members (excludes halogenated alkanes) is 2. The Morgan fingerprint density at radius 3 is 2.68 bits per heavy atom. The van der Waals surface area contributed by atoms with E-state index < -0.39 is 0 Å². The van der Waals surface area contributed by atoms with Gasteiger partial charge in [-0.1, -0.05) is 12.1 Å². The zero-order valence-electron chi connectivity index (χ0n) is 11.8. The largest absolute Gasteiger partial charge is 0.497 e. The third kappa shape index (κ3) is 4.22. The van der Waals surface area contributed by atoms with Crippen molar-refractivity contribution in [1.82, 2.24) is 4.90 Å². The van der Waals surface area contributed by atoms with Crippen LogP contribution in [0.2, 0.25) is 0 Å². The van der Waals surface area contributed by atoms with Crippen molar-refractivity contribution in [3.63, 3.8) is 0 Å². The summed E-state index contributed by atoms with van der Waals surface area (Å²) in [4.78, 5) is 2.55. The van der Waals surface area contributed by atoms with E-state index in [4.69, 9.17) is 9.84 Å². The number of benzene rings is 1. The molecule has 1 heterocycles. The van der Waals surface area contributed by atoms with Crippen molar-refractivity contribution in [2.45, 2.75) is 31.6 Å². The fraction of sp³-hybridized carbons (Fsp3) is 0.625. The van der Waals surface area contributed by atoms with Gasteiger partial charge in [-0.3, -0.25) is 0 Å². The molecule has 1 aliphatic rings. The van der Waals surface area contributed by atoms with Gasteiger partial charge in [0.2, 0.25) is 0 Å². The lowest BCUT2D eigenvalue weighted by atomic mass is 9.98. The maximum Gasteiger partial charge on any atom is 0.118 e. The summed E-state index contributed by atoms with van der Waals surface area (Å²) in [5, 5.41) is 8.77. The Morgan fingerprint density at radius 2 is 2.00 bits per heavy atom. The molecule has 3 heteroatoms. The van der Waals surface area contributed by atoms with Gasteiger partial charge >= 0.3 is 0 Å². The number of ether oxygens (including phenoxy) is 1. The van der Waals surface area contributed by atoms with Gasteiger partial charge in [-0.05, 0) is 62.4 Å². The first-order valence-corrected chi connectivity index (χ1v) is 7.30. The highest BCUT2D eigenvalue weighted by Crippen LogP contribution is 2.28. The molecule has 1 N–H and O–H groups in total. The molecule has 1 aromatic rings. The second-order valence-corrected chi connectivity index (χ2v) is 5.34. The predicted molar refractivity (Wildman–Crippen MR) is 77.7 cm³/mol. The van der Waals surface area contributed by atoms with Crippen molar-refractivity contribution in [2.24, 2.45) is 0 Å². The summed E-state index contributed by atoms with van der Waals surface area (Å²) in [5.41, 5.74) is 1.43. The fourth-order valence-electron chi connectivity index (χ4n) is 2.81. The van der Waals surface area contributed by atoms with Gasteiger partial charge in [0.15, 0.2) is 0 Å². The first-order valence-electron chi connectivity index (χ1n) is 7.30. The highest BCUT2D eigenvalue weighted by atomic mass is 16.5. The van der Waals surface area contributed by atoms with Gasteiger partial charge < -0.3 is 14.7 Å². The minimum atomic E-state index is 0.328. The lowest BCUT2D eigenvalue weighted by molar-refractivity contribution is 0.272. The zero-order valence-corrected chi connectivity index (χ0v) is 11.8. The normalized spacial score (nSPS) is 19.8. The minimum absolute atomic E-state index is 0.328. The number of rotatable bonds is 7. The van der Waals surface area contributed by atoms with Crippen molar-refractivity contribution in [1.29, 1.82) is 0 Å². The molecule has 0 radical (unpaired) electrons. The second-order valence-electron chi connectivity index (χ2n) is 5.34.